The van der Waals surface area contributed by atoms with E-state index in [2.05, 4.69) is 26.3 Å². The van der Waals surface area contributed by atoms with Gasteiger partial charge in [-0.25, -0.2) is 9.97 Å². The van der Waals surface area contributed by atoms with E-state index in [0.717, 1.165) is 17.1 Å². The third-order valence-electron chi connectivity index (χ3n) is 5.72. The molecule has 9 heteroatoms. The SMILES string of the molecule is Cc1ccccc1NC(=O)Cc1nc(COC(=O)C2CCN(c3ccc(C#N)cn3)CC2)cs1. The van der Waals surface area contributed by atoms with Crippen LogP contribution in [-0.2, 0) is 27.4 Å². The summed E-state index contributed by atoms with van der Waals surface area (Å²) < 4.78 is 5.50. The number of benzene rings is 1. The first kappa shape index (κ1) is 23.4. The number of aromatic nitrogens is 2. The number of thiazole rings is 1. The van der Waals surface area contributed by atoms with E-state index in [0.29, 0.717) is 42.2 Å². The van der Waals surface area contributed by atoms with Crippen molar-refractivity contribution in [2.24, 2.45) is 5.92 Å². The number of carbonyl (C=O) groups is 2. The Hall–Kier alpha value is -3.77. The minimum atomic E-state index is -0.223. The van der Waals surface area contributed by atoms with Gasteiger partial charge in [0.25, 0.3) is 0 Å². The van der Waals surface area contributed by atoms with Crippen LogP contribution in [0.15, 0.2) is 48.0 Å². The van der Waals surface area contributed by atoms with Crippen molar-refractivity contribution < 1.29 is 14.3 Å². The Labute approximate surface area is 202 Å². The lowest BCUT2D eigenvalue weighted by atomic mass is 9.97. The highest BCUT2D eigenvalue weighted by molar-refractivity contribution is 7.09. The van der Waals surface area contributed by atoms with Gasteiger partial charge in [-0.05, 0) is 43.5 Å². The van der Waals surface area contributed by atoms with E-state index < -0.39 is 0 Å². The zero-order valence-corrected chi connectivity index (χ0v) is 19.7. The van der Waals surface area contributed by atoms with Crippen molar-refractivity contribution in [3.8, 4) is 6.07 Å². The minimum absolute atomic E-state index is 0.103. The van der Waals surface area contributed by atoms with Crippen LogP contribution in [0.25, 0.3) is 0 Å². The summed E-state index contributed by atoms with van der Waals surface area (Å²) in [6.45, 7) is 3.45. The van der Waals surface area contributed by atoms with Crippen molar-refractivity contribution in [1.29, 1.82) is 5.26 Å². The number of anilines is 2. The summed E-state index contributed by atoms with van der Waals surface area (Å²) in [7, 11) is 0. The molecule has 1 amide bonds. The summed E-state index contributed by atoms with van der Waals surface area (Å²) in [5.41, 5.74) is 2.97. The van der Waals surface area contributed by atoms with Gasteiger partial charge in [0.05, 0.1) is 23.6 Å². The minimum Gasteiger partial charge on any atom is -0.459 e. The summed E-state index contributed by atoms with van der Waals surface area (Å²) in [5, 5.41) is 14.3. The molecule has 0 aliphatic carbocycles. The lowest BCUT2D eigenvalue weighted by molar-refractivity contribution is -0.150. The monoisotopic (exact) mass is 475 g/mol. The number of nitrogens with one attached hydrogen (secondary N) is 1. The van der Waals surface area contributed by atoms with Crippen LogP contribution in [0.4, 0.5) is 11.5 Å². The molecule has 0 spiro atoms. The van der Waals surface area contributed by atoms with Crippen LogP contribution in [0.5, 0.6) is 0 Å². The Morgan fingerprint density at radius 3 is 2.74 bits per heavy atom. The Bertz CT molecular complexity index is 1190. The molecule has 0 radical (unpaired) electrons. The van der Waals surface area contributed by atoms with E-state index in [1.807, 2.05) is 42.6 Å². The maximum absolute atomic E-state index is 12.5. The number of nitriles is 1. The Morgan fingerprint density at radius 1 is 1.24 bits per heavy atom. The molecular weight excluding hydrogens is 450 g/mol. The second-order valence-corrected chi connectivity index (χ2v) is 9.10. The molecular formula is C25H25N5O3S. The fraction of sp³-hybridized carbons (Fsp3) is 0.320. The van der Waals surface area contributed by atoms with Gasteiger partial charge in [0.15, 0.2) is 0 Å². The van der Waals surface area contributed by atoms with Crippen molar-refractivity contribution >= 4 is 34.7 Å². The zero-order valence-electron chi connectivity index (χ0n) is 18.9. The molecule has 1 aliphatic heterocycles. The van der Waals surface area contributed by atoms with Gasteiger partial charge in [-0.1, -0.05) is 18.2 Å². The van der Waals surface area contributed by atoms with Crippen molar-refractivity contribution in [1.82, 2.24) is 9.97 Å². The number of hydrogen-bond acceptors (Lipinski definition) is 8. The van der Waals surface area contributed by atoms with E-state index in [-0.39, 0.29) is 30.8 Å². The molecule has 0 saturated carbocycles. The summed E-state index contributed by atoms with van der Waals surface area (Å²) in [6.07, 6.45) is 3.10. The number of piperidine rings is 1. The summed E-state index contributed by atoms with van der Waals surface area (Å²) in [5.74, 6) is 0.301. The largest absolute Gasteiger partial charge is 0.459 e. The standard InChI is InChI=1S/C25H25N5O3S/c1-17-4-2-3-5-21(17)29-23(31)12-24-28-20(16-34-24)15-33-25(32)19-8-10-30(11-9-19)22-7-6-18(13-26)14-27-22/h2-7,14,16,19H,8-12,15H2,1H3,(H,29,31). The number of ether oxygens (including phenoxy) is 1. The second-order valence-electron chi connectivity index (χ2n) is 8.16. The van der Waals surface area contributed by atoms with Crippen LogP contribution < -0.4 is 10.2 Å². The van der Waals surface area contributed by atoms with Gasteiger partial charge in [0.2, 0.25) is 5.91 Å². The first-order valence-corrected chi connectivity index (χ1v) is 12.0. The highest BCUT2D eigenvalue weighted by atomic mass is 32.1. The van der Waals surface area contributed by atoms with Crippen LogP contribution in [0, 0.1) is 24.2 Å². The number of carbonyl (C=O) groups excluding carboxylic acids is 2. The molecule has 1 saturated heterocycles. The Balaban J connectivity index is 1.21. The molecule has 0 unspecified atom stereocenters. The second kappa shape index (κ2) is 10.9. The first-order chi connectivity index (χ1) is 16.5. The van der Waals surface area contributed by atoms with E-state index in [1.54, 1.807) is 12.3 Å². The number of aryl methyl sites for hydroxylation is 1. The average molecular weight is 476 g/mol. The van der Waals surface area contributed by atoms with E-state index >= 15 is 0 Å². The molecule has 0 atom stereocenters. The number of esters is 1. The molecule has 8 nitrogen and oxygen atoms in total. The normalized spacial score (nSPS) is 13.8. The number of pyridine rings is 1. The molecule has 1 N–H and O–H groups in total. The number of para-hydroxylation sites is 1. The first-order valence-electron chi connectivity index (χ1n) is 11.1. The highest BCUT2D eigenvalue weighted by Gasteiger charge is 2.27. The maximum Gasteiger partial charge on any atom is 0.309 e. The molecule has 3 heterocycles. The molecule has 4 rings (SSSR count). The van der Waals surface area contributed by atoms with Crippen molar-refractivity contribution in [3.05, 3.63) is 69.8 Å². The van der Waals surface area contributed by atoms with Crippen molar-refractivity contribution in [2.45, 2.75) is 32.8 Å². The Morgan fingerprint density at radius 2 is 2.03 bits per heavy atom. The van der Waals surface area contributed by atoms with E-state index in [9.17, 15) is 9.59 Å². The van der Waals surface area contributed by atoms with E-state index in [1.165, 1.54) is 11.3 Å². The van der Waals surface area contributed by atoms with Crippen LogP contribution in [0.3, 0.4) is 0 Å². The molecule has 34 heavy (non-hydrogen) atoms. The van der Waals surface area contributed by atoms with Crippen molar-refractivity contribution in [3.63, 3.8) is 0 Å². The van der Waals surface area contributed by atoms with Gasteiger partial charge >= 0.3 is 5.97 Å². The maximum atomic E-state index is 12.5. The molecule has 0 bridgehead atoms. The van der Waals surface area contributed by atoms with Crippen LogP contribution >= 0.6 is 11.3 Å². The predicted molar refractivity (Wildman–Crippen MR) is 129 cm³/mol. The van der Waals surface area contributed by atoms with Gasteiger partial charge in [-0.2, -0.15) is 5.26 Å². The predicted octanol–water partition coefficient (Wildman–Crippen LogP) is 3.86. The van der Waals surface area contributed by atoms with E-state index in [4.69, 9.17) is 10.00 Å². The quantitative estimate of drug-likeness (QED) is 0.517. The molecule has 174 valence electrons. The molecule has 1 aromatic carbocycles. The van der Waals surface area contributed by atoms with Crippen LogP contribution in [-0.4, -0.2) is 34.9 Å². The summed E-state index contributed by atoms with van der Waals surface area (Å²) >= 11 is 1.38. The number of amides is 1. The van der Waals surface area contributed by atoms with Crippen LogP contribution in [0.1, 0.15) is 34.7 Å². The number of rotatable bonds is 7. The van der Waals surface area contributed by atoms with Crippen molar-refractivity contribution in [2.75, 3.05) is 23.3 Å². The third-order valence-corrected chi connectivity index (χ3v) is 6.62. The number of nitrogens with zero attached hydrogens (tertiary/aromatic N) is 4. The molecule has 1 fully saturated rings. The lowest BCUT2D eigenvalue weighted by Crippen LogP contribution is -2.37. The third kappa shape index (κ3) is 5.97. The number of hydrogen-bond donors (Lipinski definition) is 1. The summed E-state index contributed by atoms with van der Waals surface area (Å²) in [4.78, 5) is 35.7. The van der Waals surface area contributed by atoms with Gasteiger partial charge in [0, 0.05) is 30.4 Å². The van der Waals surface area contributed by atoms with Gasteiger partial charge in [-0.3, -0.25) is 9.59 Å². The van der Waals surface area contributed by atoms with Gasteiger partial charge < -0.3 is 15.0 Å². The van der Waals surface area contributed by atoms with Gasteiger partial charge in [0.1, 0.15) is 23.5 Å². The smallest absolute Gasteiger partial charge is 0.309 e. The summed E-state index contributed by atoms with van der Waals surface area (Å²) in [6, 6.07) is 13.3. The average Bonchev–Trinajstić information content (AvgIpc) is 3.31. The Kier molecular flexibility index (Phi) is 7.50. The zero-order chi connectivity index (χ0) is 23.9. The topological polar surface area (TPSA) is 108 Å². The van der Waals surface area contributed by atoms with Crippen LogP contribution in [0.2, 0.25) is 0 Å². The molecule has 2 aromatic heterocycles. The fourth-order valence-corrected chi connectivity index (χ4v) is 4.56. The highest BCUT2D eigenvalue weighted by Crippen LogP contribution is 2.23. The lowest BCUT2D eigenvalue weighted by Gasteiger charge is -2.31. The molecule has 1 aliphatic rings. The van der Waals surface area contributed by atoms with Gasteiger partial charge in [-0.15, -0.1) is 11.3 Å². The molecule has 3 aromatic rings. The fourth-order valence-electron chi connectivity index (χ4n) is 3.79.